The number of nitrogen functional groups attached to an aromatic ring is 1. The van der Waals surface area contributed by atoms with Crippen LogP contribution >= 0.6 is 11.3 Å². The Hall–Kier alpha value is -1.43. The van der Waals surface area contributed by atoms with Crippen LogP contribution in [0.25, 0.3) is 0 Å². The molecule has 0 fully saturated rings. The highest BCUT2D eigenvalue weighted by Crippen LogP contribution is 2.10. The van der Waals surface area contributed by atoms with Crippen molar-refractivity contribution in [3.8, 4) is 0 Å². The van der Waals surface area contributed by atoms with E-state index in [1.165, 1.54) is 11.3 Å². The molecule has 1 aromatic heterocycles. The first kappa shape index (κ1) is 11.6. The maximum absolute atomic E-state index is 9.00. The van der Waals surface area contributed by atoms with Crippen molar-refractivity contribution in [2.45, 2.75) is 13.3 Å². The van der Waals surface area contributed by atoms with Gasteiger partial charge in [-0.3, -0.25) is 4.79 Å². The highest BCUT2D eigenvalue weighted by molar-refractivity contribution is 7.13. The summed E-state index contributed by atoms with van der Waals surface area (Å²) in [5.41, 5.74) is 6.45. The zero-order chi connectivity index (χ0) is 10.3. The number of hydrogen-bond acceptors (Lipinski definition) is 5. The first-order chi connectivity index (χ1) is 6.10. The van der Waals surface area contributed by atoms with Crippen LogP contribution in [0.15, 0.2) is 5.38 Å². The smallest absolute Gasteiger partial charge is 0.368 e. The van der Waals surface area contributed by atoms with Crippen molar-refractivity contribution >= 4 is 28.7 Å². The van der Waals surface area contributed by atoms with Crippen molar-refractivity contribution in [2.24, 2.45) is 0 Å². The topological polar surface area (TPSA) is 93.3 Å². The van der Waals surface area contributed by atoms with Gasteiger partial charge in [0.1, 0.15) is 0 Å². The molecule has 0 radical (unpaired) electrons. The van der Waals surface area contributed by atoms with Crippen LogP contribution in [-0.2, 0) is 16.0 Å². The van der Waals surface area contributed by atoms with Crippen molar-refractivity contribution in [1.82, 2.24) is 4.98 Å². The Balaban J connectivity index is 0.000000252. The number of hydrogen-bond donors (Lipinski definition) is 2. The molecule has 5 nitrogen and oxygen atoms in total. The van der Waals surface area contributed by atoms with Crippen LogP contribution in [0.2, 0.25) is 0 Å². The standard InChI is InChI=1S/C5H8N2S.C2H2O3/c1-2-4-3-8-5(6)7-4;3-1-2(4)5/h3H,2H2,1H3,(H2,6,7);1H,(H,4,5). The molecule has 1 aromatic rings. The number of nitrogens with zero attached hydrogens (tertiary/aromatic N) is 1. The lowest BCUT2D eigenvalue weighted by molar-refractivity contribution is -0.143. The third-order valence-corrected chi connectivity index (χ3v) is 1.76. The lowest BCUT2D eigenvalue weighted by Gasteiger charge is -1.79. The Morgan fingerprint density at radius 3 is 2.54 bits per heavy atom. The number of carbonyl (C=O) groups excluding carboxylic acids is 1. The van der Waals surface area contributed by atoms with Gasteiger partial charge in [-0.1, -0.05) is 6.92 Å². The Labute approximate surface area is 79.2 Å². The molecule has 0 saturated heterocycles. The first-order valence-electron chi connectivity index (χ1n) is 3.48. The van der Waals surface area contributed by atoms with Crippen LogP contribution in [0.3, 0.4) is 0 Å². The number of anilines is 1. The molecular formula is C7H10N2O3S. The third-order valence-electron chi connectivity index (χ3n) is 1.03. The number of aryl methyl sites for hydroxylation is 1. The van der Waals surface area contributed by atoms with Crippen molar-refractivity contribution in [2.75, 3.05) is 5.73 Å². The normalized spacial score (nSPS) is 8.38. The summed E-state index contributed by atoms with van der Waals surface area (Å²) in [5.74, 6) is -1.43. The highest BCUT2D eigenvalue weighted by Gasteiger charge is 1.91. The maximum Gasteiger partial charge on any atom is 0.368 e. The number of aldehydes is 1. The molecule has 0 bridgehead atoms. The predicted octanol–water partition coefficient (Wildman–Crippen LogP) is 0.558. The zero-order valence-electron chi connectivity index (χ0n) is 7.06. The molecule has 0 aliphatic carbocycles. The fraction of sp³-hybridized carbons (Fsp3) is 0.286. The van der Waals surface area contributed by atoms with Gasteiger partial charge in [0.15, 0.2) is 5.13 Å². The van der Waals surface area contributed by atoms with Gasteiger partial charge < -0.3 is 10.8 Å². The summed E-state index contributed by atoms with van der Waals surface area (Å²) in [5, 5.41) is 10.0. The van der Waals surface area contributed by atoms with Gasteiger partial charge >= 0.3 is 5.97 Å². The molecule has 1 heterocycles. The summed E-state index contributed by atoms with van der Waals surface area (Å²) < 4.78 is 0. The molecule has 0 aliphatic heterocycles. The van der Waals surface area contributed by atoms with Gasteiger partial charge in [-0.25, -0.2) is 9.78 Å². The lowest BCUT2D eigenvalue weighted by Crippen LogP contribution is -1.91. The van der Waals surface area contributed by atoms with E-state index in [1.54, 1.807) is 0 Å². The number of carboxylic acids is 1. The third kappa shape index (κ3) is 5.80. The molecule has 0 spiro atoms. The van der Waals surface area contributed by atoms with Gasteiger partial charge in [0.2, 0.25) is 6.29 Å². The maximum atomic E-state index is 9.00. The van der Waals surface area contributed by atoms with Gasteiger partial charge in [0.05, 0.1) is 5.69 Å². The Kier molecular flexibility index (Phi) is 5.45. The van der Waals surface area contributed by atoms with Crippen molar-refractivity contribution in [3.05, 3.63) is 11.1 Å². The van der Waals surface area contributed by atoms with E-state index in [9.17, 15) is 0 Å². The summed E-state index contributed by atoms with van der Waals surface area (Å²) in [6.07, 6.45) is 0.813. The second-order valence-corrected chi connectivity index (χ2v) is 2.88. The summed E-state index contributed by atoms with van der Waals surface area (Å²) in [7, 11) is 0. The molecule has 3 N–H and O–H groups in total. The van der Waals surface area contributed by atoms with E-state index in [4.69, 9.17) is 20.4 Å². The Bertz CT molecular complexity index is 285. The molecule has 0 unspecified atom stereocenters. The minimum absolute atomic E-state index is 0.167. The minimum Gasteiger partial charge on any atom is -0.476 e. The summed E-state index contributed by atoms with van der Waals surface area (Å²) in [6.45, 7) is 2.06. The van der Waals surface area contributed by atoms with E-state index < -0.39 is 5.97 Å². The highest BCUT2D eigenvalue weighted by atomic mass is 32.1. The molecule has 72 valence electrons. The minimum atomic E-state index is -1.43. The molecule has 13 heavy (non-hydrogen) atoms. The number of carbonyl (C=O) groups is 2. The molecule has 0 amide bonds. The second-order valence-electron chi connectivity index (χ2n) is 1.99. The van der Waals surface area contributed by atoms with Gasteiger partial charge in [0.25, 0.3) is 0 Å². The summed E-state index contributed by atoms with van der Waals surface area (Å²) in [6, 6.07) is 0. The van der Waals surface area contributed by atoms with E-state index in [1.807, 2.05) is 5.38 Å². The van der Waals surface area contributed by atoms with Gasteiger partial charge in [-0.05, 0) is 6.42 Å². The van der Waals surface area contributed by atoms with Crippen LogP contribution < -0.4 is 5.73 Å². The van der Waals surface area contributed by atoms with E-state index in [2.05, 4.69) is 11.9 Å². The molecule has 0 aromatic carbocycles. The van der Waals surface area contributed by atoms with Gasteiger partial charge in [-0.15, -0.1) is 11.3 Å². The molecule has 0 saturated carbocycles. The van der Waals surface area contributed by atoms with E-state index >= 15 is 0 Å². The largest absolute Gasteiger partial charge is 0.476 e. The first-order valence-corrected chi connectivity index (χ1v) is 4.36. The molecule has 0 aliphatic rings. The average molecular weight is 202 g/mol. The van der Waals surface area contributed by atoms with Crippen LogP contribution in [0, 0.1) is 0 Å². The van der Waals surface area contributed by atoms with Crippen LogP contribution in [-0.4, -0.2) is 22.3 Å². The van der Waals surface area contributed by atoms with Crippen molar-refractivity contribution < 1.29 is 14.7 Å². The average Bonchev–Trinajstić information content (AvgIpc) is 2.52. The van der Waals surface area contributed by atoms with Crippen LogP contribution in [0.4, 0.5) is 5.13 Å². The van der Waals surface area contributed by atoms with Crippen molar-refractivity contribution in [1.29, 1.82) is 0 Å². The molecular weight excluding hydrogens is 192 g/mol. The second kappa shape index (κ2) is 6.13. The van der Waals surface area contributed by atoms with E-state index in [-0.39, 0.29) is 6.29 Å². The number of thiazole rings is 1. The molecule has 0 atom stereocenters. The van der Waals surface area contributed by atoms with E-state index in [0.717, 1.165) is 12.1 Å². The predicted molar refractivity (Wildman–Crippen MR) is 49.6 cm³/mol. The fourth-order valence-electron chi connectivity index (χ4n) is 0.485. The van der Waals surface area contributed by atoms with Crippen LogP contribution in [0.5, 0.6) is 0 Å². The molecule has 1 rings (SSSR count). The van der Waals surface area contributed by atoms with Gasteiger partial charge in [0, 0.05) is 5.38 Å². The Morgan fingerprint density at radius 1 is 1.85 bits per heavy atom. The Morgan fingerprint density at radius 2 is 2.38 bits per heavy atom. The summed E-state index contributed by atoms with van der Waals surface area (Å²) >= 11 is 1.50. The van der Waals surface area contributed by atoms with Gasteiger partial charge in [-0.2, -0.15) is 0 Å². The van der Waals surface area contributed by atoms with Crippen molar-refractivity contribution in [3.63, 3.8) is 0 Å². The van der Waals surface area contributed by atoms with E-state index in [0.29, 0.717) is 5.13 Å². The quantitative estimate of drug-likeness (QED) is 0.539. The monoisotopic (exact) mass is 202 g/mol. The number of aromatic nitrogens is 1. The lowest BCUT2D eigenvalue weighted by atomic mass is 10.4. The fourth-order valence-corrected chi connectivity index (χ4v) is 1.13. The number of carboxylic acid groups (broad SMARTS) is 1. The van der Waals surface area contributed by atoms with Crippen LogP contribution in [0.1, 0.15) is 12.6 Å². The number of rotatable bonds is 2. The number of nitrogens with two attached hydrogens (primary N) is 1. The SMILES string of the molecule is CCc1csc(N)n1.O=CC(=O)O. The number of aliphatic carboxylic acids is 1. The zero-order valence-corrected chi connectivity index (χ0v) is 7.87. The molecule has 6 heteroatoms. The summed E-state index contributed by atoms with van der Waals surface area (Å²) in [4.78, 5) is 21.9.